The van der Waals surface area contributed by atoms with E-state index < -0.39 is 0 Å². The minimum atomic E-state index is 0.447. The van der Waals surface area contributed by atoms with Crippen molar-refractivity contribution in [1.29, 1.82) is 0 Å². The van der Waals surface area contributed by atoms with Gasteiger partial charge >= 0.3 is 0 Å². The Hall–Kier alpha value is -0.940. The van der Waals surface area contributed by atoms with Gasteiger partial charge in [-0.2, -0.15) is 0 Å². The molecule has 0 aliphatic heterocycles. The molecule has 0 amide bonds. The summed E-state index contributed by atoms with van der Waals surface area (Å²) in [4.78, 5) is 0. The second-order valence-electron chi connectivity index (χ2n) is 3.15. The molecule has 0 unspecified atom stereocenters. The first-order valence-electron chi connectivity index (χ1n) is 4.93. The average molecular weight is 198 g/mol. The third kappa shape index (κ3) is 2.52. The normalized spacial score (nSPS) is 10.8. The highest BCUT2D eigenvalue weighted by Crippen LogP contribution is 2.06. The van der Waals surface area contributed by atoms with Crippen molar-refractivity contribution in [1.82, 2.24) is 15.0 Å². The average Bonchev–Trinajstić information content (AvgIpc) is 2.58. The van der Waals surface area contributed by atoms with Crippen molar-refractivity contribution in [3.8, 4) is 0 Å². The summed E-state index contributed by atoms with van der Waals surface area (Å²) < 4.78 is 6.96. The van der Waals surface area contributed by atoms with Crippen molar-refractivity contribution in [2.75, 3.05) is 13.7 Å². The summed E-state index contributed by atoms with van der Waals surface area (Å²) in [5, 5.41) is 8.10. The van der Waals surface area contributed by atoms with Crippen molar-refractivity contribution in [2.45, 2.75) is 32.9 Å². The van der Waals surface area contributed by atoms with Crippen LogP contribution in [-0.4, -0.2) is 28.7 Å². The van der Waals surface area contributed by atoms with Gasteiger partial charge in [0.1, 0.15) is 0 Å². The van der Waals surface area contributed by atoms with Crippen molar-refractivity contribution in [2.24, 2.45) is 5.73 Å². The van der Waals surface area contributed by atoms with Gasteiger partial charge in [0.15, 0.2) is 0 Å². The molecule has 2 N–H and O–H groups in total. The van der Waals surface area contributed by atoms with Crippen LogP contribution in [0.15, 0.2) is 0 Å². The van der Waals surface area contributed by atoms with Crippen LogP contribution in [0, 0.1) is 0 Å². The molecule has 0 bridgehead atoms. The Kier molecular flexibility index (Phi) is 4.55. The quantitative estimate of drug-likeness (QED) is 0.715. The first-order valence-corrected chi connectivity index (χ1v) is 4.93. The van der Waals surface area contributed by atoms with Gasteiger partial charge in [0.25, 0.3) is 0 Å². The molecule has 0 saturated carbocycles. The van der Waals surface area contributed by atoms with Gasteiger partial charge in [-0.15, -0.1) is 5.10 Å². The van der Waals surface area contributed by atoms with Gasteiger partial charge < -0.3 is 10.5 Å². The molecule has 1 rings (SSSR count). The molecule has 1 aromatic rings. The number of hydrogen-bond donors (Lipinski definition) is 1. The lowest BCUT2D eigenvalue weighted by atomic mass is 10.2. The van der Waals surface area contributed by atoms with E-state index >= 15 is 0 Å². The summed E-state index contributed by atoms with van der Waals surface area (Å²) in [5.41, 5.74) is 7.57. The number of ether oxygens (including phenoxy) is 1. The van der Waals surface area contributed by atoms with E-state index in [0.29, 0.717) is 13.2 Å². The highest BCUT2D eigenvalue weighted by molar-refractivity contribution is 5.10. The smallest absolute Gasteiger partial charge is 0.0995 e. The molecule has 80 valence electrons. The van der Waals surface area contributed by atoms with E-state index in [-0.39, 0.29) is 0 Å². The number of nitrogens with zero attached hydrogens (tertiary/aromatic N) is 3. The zero-order valence-electron chi connectivity index (χ0n) is 8.86. The van der Waals surface area contributed by atoms with Crippen LogP contribution in [0.4, 0.5) is 0 Å². The third-order valence-electron chi connectivity index (χ3n) is 2.09. The van der Waals surface area contributed by atoms with Gasteiger partial charge in [-0.05, 0) is 6.42 Å². The molecule has 0 atom stereocenters. The molecule has 0 aliphatic rings. The number of rotatable bonds is 6. The lowest BCUT2D eigenvalue weighted by molar-refractivity contribution is 0.200. The Bertz CT molecular complexity index is 272. The molecule has 0 spiro atoms. The topological polar surface area (TPSA) is 66.0 Å². The highest BCUT2D eigenvalue weighted by atomic mass is 16.5. The summed E-state index contributed by atoms with van der Waals surface area (Å²) in [6, 6.07) is 0. The Labute approximate surface area is 84.2 Å². The Morgan fingerprint density at radius 2 is 2.29 bits per heavy atom. The van der Waals surface area contributed by atoms with E-state index in [2.05, 4.69) is 17.2 Å². The molecule has 1 heterocycles. The predicted octanol–water partition coefficient (Wildman–Crippen LogP) is 0.336. The highest BCUT2D eigenvalue weighted by Gasteiger charge is 2.10. The number of methoxy groups -OCH3 is 1. The Morgan fingerprint density at radius 3 is 2.86 bits per heavy atom. The van der Waals surface area contributed by atoms with Gasteiger partial charge in [0.05, 0.1) is 18.0 Å². The molecule has 0 aliphatic carbocycles. The second-order valence-corrected chi connectivity index (χ2v) is 3.15. The van der Waals surface area contributed by atoms with Crippen molar-refractivity contribution in [3.63, 3.8) is 0 Å². The summed E-state index contributed by atoms with van der Waals surface area (Å²) in [5.74, 6) is 0. The fourth-order valence-corrected chi connectivity index (χ4v) is 1.39. The van der Waals surface area contributed by atoms with Gasteiger partial charge in [-0.3, -0.25) is 0 Å². The minimum Gasteiger partial charge on any atom is -0.384 e. The molecule has 5 nitrogen and oxygen atoms in total. The summed E-state index contributed by atoms with van der Waals surface area (Å²) in [7, 11) is 1.69. The molecule has 0 fully saturated rings. The molecule has 5 heteroatoms. The molecular weight excluding hydrogens is 180 g/mol. The zero-order valence-corrected chi connectivity index (χ0v) is 8.86. The first-order chi connectivity index (χ1) is 6.83. The van der Waals surface area contributed by atoms with Crippen LogP contribution < -0.4 is 5.73 Å². The standard InChI is InChI=1S/C9H18N4O/c1-3-5-13-9(4-6-14-2)8(7-10)11-12-13/h3-7,10H2,1-2H3. The van der Waals surface area contributed by atoms with E-state index in [1.807, 2.05) is 4.68 Å². The van der Waals surface area contributed by atoms with Gasteiger partial charge in [-0.25, -0.2) is 4.68 Å². The minimum absolute atomic E-state index is 0.447. The summed E-state index contributed by atoms with van der Waals surface area (Å²) in [6.07, 6.45) is 1.88. The van der Waals surface area contributed by atoms with Crippen LogP contribution in [0.25, 0.3) is 0 Å². The SMILES string of the molecule is CCCn1nnc(CN)c1CCOC. The fourth-order valence-electron chi connectivity index (χ4n) is 1.39. The fraction of sp³-hybridized carbons (Fsp3) is 0.778. The Balaban J connectivity index is 2.76. The molecular formula is C9H18N4O. The van der Waals surface area contributed by atoms with Crippen molar-refractivity contribution < 1.29 is 4.74 Å². The molecule has 14 heavy (non-hydrogen) atoms. The van der Waals surface area contributed by atoms with Crippen molar-refractivity contribution >= 4 is 0 Å². The van der Waals surface area contributed by atoms with E-state index in [9.17, 15) is 0 Å². The maximum absolute atomic E-state index is 5.58. The maximum Gasteiger partial charge on any atom is 0.0995 e. The van der Waals surface area contributed by atoms with Crippen LogP contribution >= 0.6 is 0 Å². The maximum atomic E-state index is 5.58. The molecule has 0 aromatic carbocycles. The number of aromatic nitrogens is 3. The third-order valence-corrected chi connectivity index (χ3v) is 2.09. The second kappa shape index (κ2) is 5.72. The van der Waals surface area contributed by atoms with Crippen molar-refractivity contribution in [3.05, 3.63) is 11.4 Å². The summed E-state index contributed by atoms with van der Waals surface area (Å²) >= 11 is 0. The molecule has 0 radical (unpaired) electrons. The van der Waals surface area contributed by atoms with Crippen LogP contribution in [0.3, 0.4) is 0 Å². The van der Waals surface area contributed by atoms with Crippen LogP contribution in [-0.2, 0) is 24.2 Å². The number of nitrogens with two attached hydrogens (primary N) is 1. The largest absolute Gasteiger partial charge is 0.384 e. The number of aryl methyl sites for hydroxylation is 1. The van der Waals surface area contributed by atoms with E-state index in [4.69, 9.17) is 10.5 Å². The monoisotopic (exact) mass is 198 g/mol. The van der Waals surface area contributed by atoms with E-state index in [1.54, 1.807) is 7.11 Å². The van der Waals surface area contributed by atoms with E-state index in [0.717, 1.165) is 30.8 Å². The lowest BCUT2D eigenvalue weighted by Gasteiger charge is -2.05. The van der Waals surface area contributed by atoms with Gasteiger partial charge in [0, 0.05) is 26.6 Å². The Morgan fingerprint density at radius 1 is 1.50 bits per heavy atom. The van der Waals surface area contributed by atoms with E-state index in [1.165, 1.54) is 0 Å². The van der Waals surface area contributed by atoms with Gasteiger partial charge in [0.2, 0.25) is 0 Å². The zero-order chi connectivity index (χ0) is 10.4. The summed E-state index contributed by atoms with van der Waals surface area (Å²) in [6.45, 7) is 4.14. The molecule has 1 aromatic heterocycles. The van der Waals surface area contributed by atoms with Crippen LogP contribution in [0.5, 0.6) is 0 Å². The lowest BCUT2D eigenvalue weighted by Crippen LogP contribution is -2.10. The van der Waals surface area contributed by atoms with Crippen LogP contribution in [0.1, 0.15) is 24.7 Å². The number of hydrogen-bond acceptors (Lipinski definition) is 4. The predicted molar refractivity (Wildman–Crippen MR) is 53.8 cm³/mol. The van der Waals surface area contributed by atoms with Crippen LogP contribution in [0.2, 0.25) is 0 Å². The first kappa shape index (κ1) is 11.1. The van der Waals surface area contributed by atoms with Gasteiger partial charge in [-0.1, -0.05) is 12.1 Å². The molecule has 0 saturated heterocycles.